The molecule has 3 N–H and O–H groups in total. The van der Waals surface area contributed by atoms with Gasteiger partial charge in [0, 0.05) is 13.1 Å². The molecular formula is C9H16N4O. The summed E-state index contributed by atoms with van der Waals surface area (Å²) in [5, 5.41) is 6.27. The van der Waals surface area contributed by atoms with E-state index >= 15 is 0 Å². The molecule has 14 heavy (non-hydrogen) atoms. The number of hydrogen-bond donors (Lipinski definition) is 2. The number of rotatable bonds is 4. The number of nitrogens with two attached hydrogens (primary N) is 1. The van der Waals surface area contributed by atoms with Gasteiger partial charge in [-0.1, -0.05) is 6.92 Å². The van der Waals surface area contributed by atoms with Gasteiger partial charge in [-0.2, -0.15) is 5.10 Å². The molecule has 1 rings (SSSR count). The summed E-state index contributed by atoms with van der Waals surface area (Å²) in [7, 11) is 0. The summed E-state index contributed by atoms with van der Waals surface area (Å²) >= 11 is 0. The molecule has 0 aliphatic rings. The summed E-state index contributed by atoms with van der Waals surface area (Å²) in [5.74, 6) is 0.283. The molecule has 78 valence electrons. The maximum Gasteiger partial charge on any atom is 0.259 e. The Bertz CT molecular complexity index is 308. The molecular weight excluding hydrogens is 180 g/mol. The molecule has 0 unspecified atom stereocenters. The number of aromatic nitrogens is 2. The Hall–Kier alpha value is -1.52. The van der Waals surface area contributed by atoms with Crippen molar-refractivity contribution in [2.45, 2.75) is 20.3 Å². The van der Waals surface area contributed by atoms with Crippen molar-refractivity contribution in [2.75, 3.05) is 18.8 Å². The molecule has 0 bridgehead atoms. The van der Waals surface area contributed by atoms with Crippen LogP contribution in [0.1, 0.15) is 30.6 Å². The van der Waals surface area contributed by atoms with Gasteiger partial charge in [-0.15, -0.1) is 0 Å². The number of H-pyrrole nitrogens is 1. The van der Waals surface area contributed by atoms with Crippen LogP contribution in [0.3, 0.4) is 0 Å². The monoisotopic (exact) mass is 196 g/mol. The molecule has 1 heterocycles. The third kappa shape index (κ3) is 2.04. The van der Waals surface area contributed by atoms with Crippen LogP contribution >= 0.6 is 0 Å². The molecule has 1 aromatic rings. The molecule has 0 saturated carbocycles. The Morgan fingerprint density at radius 2 is 2.36 bits per heavy atom. The molecule has 5 heteroatoms. The van der Waals surface area contributed by atoms with Crippen molar-refractivity contribution in [3.8, 4) is 0 Å². The number of nitrogen functional groups attached to an aromatic ring is 1. The zero-order chi connectivity index (χ0) is 10.6. The fourth-order valence-electron chi connectivity index (χ4n) is 1.31. The van der Waals surface area contributed by atoms with Crippen LogP contribution in [0.25, 0.3) is 0 Å². The van der Waals surface area contributed by atoms with E-state index in [1.807, 2.05) is 13.8 Å². The average Bonchev–Trinajstić information content (AvgIpc) is 2.59. The standard InChI is InChI=1S/C9H16N4O/c1-3-5-13(4-2)9(14)7-6-11-12-8(7)10/h6H,3-5H2,1-2H3,(H3,10,11,12). The smallest absolute Gasteiger partial charge is 0.259 e. The number of carbonyl (C=O) groups is 1. The number of nitrogens with zero attached hydrogens (tertiary/aromatic N) is 2. The molecule has 0 aliphatic heterocycles. The fraction of sp³-hybridized carbons (Fsp3) is 0.556. The summed E-state index contributed by atoms with van der Waals surface area (Å²) in [6.07, 6.45) is 2.41. The first-order chi connectivity index (χ1) is 6.70. The fourth-order valence-corrected chi connectivity index (χ4v) is 1.31. The SMILES string of the molecule is CCCN(CC)C(=O)c1cn[nH]c1N. The van der Waals surface area contributed by atoms with Crippen molar-refractivity contribution in [2.24, 2.45) is 0 Å². The predicted octanol–water partition coefficient (Wildman–Crippen LogP) is 0.864. The van der Waals surface area contributed by atoms with Gasteiger partial charge in [0.2, 0.25) is 0 Å². The molecule has 0 atom stereocenters. The number of nitrogens with one attached hydrogen (secondary N) is 1. The molecule has 1 aromatic heterocycles. The summed E-state index contributed by atoms with van der Waals surface area (Å²) in [4.78, 5) is 13.6. The van der Waals surface area contributed by atoms with Crippen LogP contribution in [0, 0.1) is 0 Å². The molecule has 1 amide bonds. The lowest BCUT2D eigenvalue weighted by Gasteiger charge is -2.19. The van der Waals surface area contributed by atoms with Crippen molar-refractivity contribution in [1.82, 2.24) is 15.1 Å². The highest BCUT2D eigenvalue weighted by Gasteiger charge is 2.17. The molecule has 0 aromatic carbocycles. The maximum absolute atomic E-state index is 11.8. The van der Waals surface area contributed by atoms with Crippen LogP contribution in [0.5, 0.6) is 0 Å². The van der Waals surface area contributed by atoms with Gasteiger partial charge in [0.25, 0.3) is 5.91 Å². The number of amides is 1. The molecule has 0 spiro atoms. The number of anilines is 1. The van der Waals surface area contributed by atoms with Crippen LogP contribution in [-0.2, 0) is 0 Å². The van der Waals surface area contributed by atoms with Gasteiger partial charge in [-0.05, 0) is 13.3 Å². The Morgan fingerprint density at radius 3 is 2.79 bits per heavy atom. The highest BCUT2D eigenvalue weighted by molar-refractivity contribution is 5.98. The van der Waals surface area contributed by atoms with Crippen LogP contribution < -0.4 is 5.73 Å². The summed E-state index contributed by atoms with van der Waals surface area (Å²) in [6, 6.07) is 0. The van der Waals surface area contributed by atoms with Gasteiger partial charge in [0.1, 0.15) is 11.4 Å². The van der Waals surface area contributed by atoms with E-state index in [1.165, 1.54) is 6.20 Å². The van der Waals surface area contributed by atoms with Crippen molar-refractivity contribution in [1.29, 1.82) is 0 Å². The van der Waals surface area contributed by atoms with E-state index in [1.54, 1.807) is 4.90 Å². The highest BCUT2D eigenvalue weighted by Crippen LogP contribution is 2.10. The molecule has 0 saturated heterocycles. The molecule has 5 nitrogen and oxygen atoms in total. The van der Waals surface area contributed by atoms with Crippen LogP contribution in [0.4, 0.5) is 5.82 Å². The van der Waals surface area contributed by atoms with Crippen molar-refractivity contribution >= 4 is 11.7 Å². The quantitative estimate of drug-likeness (QED) is 0.750. The second-order valence-electron chi connectivity index (χ2n) is 3.08. The minimum absolute atomic E-state index is 0.0550. The number of hydrogen-bond acceptors (Lipinski definition) is 3. The van der Waals surface area contributed by atoms with E-state index in [-0.39, 0.29) is 5.91 Å². The summed E-state index contributed by atoms with van der Waals surface area (Å²) < 4.78 is 0. The number of aromatic amines is 1. The Labute approximate surface area is 83.3 Å². The van der Waals surface area contributed by atoms with E-state index in [0.29, 0.717) is 17.9 Å². The summed E-state index contributed by atoms with van der Waals surface area (Å²) in [5.41, 5.74) is 6.02. The van der Waals surface area contributed by atoms with Gasteiger partial charge in [-0.3, -0.25) is 9.89 Å². The zero-order valence-corrected chi connectivity index (χ0v) is 8.58. The van der Waals surface area contributed by atoms with Gasteiger partial charge in [0.15, 0.2) is 0 Å². The zero-order valence-electron chi connectivity index (χ0n) is 8.58. The molecule has 0 fully saturated rings. The van der Waals surface area contributed by atoms with Crippen molar-refractivity contribution in [3.63, 3.8) is 0 Å². The van der Waals surface area contributed by atoms with E-state index in [9.17, 15) is 4.79 Å². The van der Waals surface area contributed by atoms with Crippen molar-refractivity contribution in [3.05, 3.63) is 11.8 Å². The Kier molecular flexibility index (Phi) is 3.50. The number of carbonyl (C=O) groups excluding carboxylic acids is 1. The van der Waals surface area contributed by atoms with E-state index < -0.39 is 0 Å². The minimum Gasteiger partial charge on any atom is -0.383 e. The first kappa shape index (κ1) is 10.6. The van der Waals surface area contributed by atoms with Crippen LogP contribution in [0.2, 0.25) is 0 Å². The summed E-state index contributed by atoms with van der Waals surface area (Å²) in [6.45, 7) is 5.43. The first-order valence-corrected chi connectivity index (χ1v) is 4.78. The second-order valence-corrected chi connectivity index (χ2v) is 3.08. The first-order valence-electron chi connectivity index (χ1n) is 4.78. The van der Waals surface area contributed by atoms with Crippen LogP contribution in [0.15, 0.2) is 6.20 Å². The van der Waals surface area contributed by atoms with E-state index in [0.717, 1.165) is 13.0 Å². The minimum atomic E-state index is -0.0550. The van der Waals surface area contributed by atoms with Crippen molar-refractivity contribution < 1.29 is 4.79 Å². The van der Waals surface area contributed by atoms with Gasteiger partial charge < -0.3 is 10.6 Å². The van der Waals surface area contributed by atoms with Crippen LogP contribution in [-0.4, -0.2) is 34.1 Å². The maximum atomic E-state index is 11.8. The largest absolute Gasteiger partial charge is 0.383 e. The van der Waals surface area contributed by atoms with E-state index in [4.69, 9.17) is 5.73 Å². The Balaban J connectivity index is 2.78. The second kappa shape index (κ2) is 4.64. The third-order valence-electron chi connectivity index (χ3n) is 2.06. The highest BCUT2D eigenvalue weighted by atomic mass is 16.2. The lowest BCUT2D eigenvalue weighted by atomic mass is 10.2. The average molecular weight is 196 g/mol. The topological polar surface area (TPSA) is 75.0 Å². The predicted molar refractivity (Wildman–Crippen MR) is 54.9 cm³/mol. The molecule has 0 radical (unpaired) electrons. The normalized spacial score (nSPS) is 10.1. The third-order valence-corrected chi connectivity index (χ3v) is 2.06. The Morgan fingerprint density at radius 1 is 1.64 bits per heavy atom. The van der Waals surface area contributed by atoms with E-state index in [2.05, 4.69) is 10.2 Å². The molecule has 0 aliphatic carbocycles. The van der Waals surface area contributed by atoms with Gasteiger partial charge >= 0.3 is 0 Å². The lowest BCUT2D eigenvalue weighted by molar-refractivity contribution is 0.0765. The van der Waals surface area contributed by atoms with Gasteiger partial charge in [-0.25, -0.2) is 0 Å². The lowest BCUT2D eigenvalue weighted by Crippen LogP contribution is -2.31. The van der Waals surface area contributed by atoms with Gasteiger partial charge in [0.05, 0.1) is 6.20 Å².